The molecule has 2 fully saturated rings. The summed E-state index contributed by atoms with van der Waals surface area (Å²) < 4.78 is 16.9. The van der Waals surface area contributed by atoms with Crippen molar-refractivity contribution in [2.24, 2.45) is 11.6 Å². The number of aliphatic hydroxyl groups excluding tert-OH is 1. The average Bonchev–Trinajstić information content (AvgIpc) is 3.43. The van der Waals surface area contributed by atoms with Crippen molar-refractivity contribution in [3.63, 3.8) is 0 Å². The summed E-state index contributed by atoms with van der Waals surface area (Å²) >= 11 is 7.84. The molecule has 29 heavy (non-hydrogen) atoms. The van der Waals surface area contributed by atoms with Gasteiger partial charge < -0.3 is 24.3 Å². The number of thiazole rings is 1. The highest BCUT2D eigenvalue weighted by molar-refractivity contribution is 7.09. The molecule has 4 atom stereocenters. The molecule has 5 heterocycles. The molecule has 11 nitrogen and oxygen atoms in total. The summed E-state index contributed by atoms with van der Waals surface area (Å²) in [5.41, 5.74) is 7.53. The van der Waals surface area contributed by atoms with E-state index >= 15 is 0 Å². The SMILES string of the molecule is NN(Cc1cncs1)c1nc2nc(O[C@@H]3CO[C@]4(N)[C@H](O)CO[C@H]34)[nH]c2cc1Cl. The zero-order valence-electron chi connectivity index (χ0n) is 15.0. The summed E-state index contributed by atoms with van der Waals surface area (Å²) in [6.45, 7) is 0.671. The molecular formula is C16H18ClN7O4S. The van der Waals surface area contributed by atoms with E-state index in [0.717, 1.165) is 4.88 Å². The highest BCUT2D eigenvalue weighted by Gasteiger charge is 2.58. The van der Waals surface area contributed by atoms with Crippen molar-refractivity contribution < 1.29 is 19.3 Å². The number of pyridine rings is 1. The first-order valence-corrected chi connectivity index (χ1v) is 10.0. The van der Waals surface area contributed by atoms with E-state index in [1.807, 2.05) is 0 Å². The maximum Gasteiger partial charge on any atom is 0.296 e. The monoisotopic (exact) mass is 439 g/mol. The number of aromatic amines is 1. The number of nitrogens with one attached hydrogen (secondary N) is 1. The summed E-state index contributed by atoms with van der Waals surface area (Å²) in [6.07, 6.45) is -0.295. The lowest BCUT2D eigenvalue weighted by Crippen LogP contribution is -2.55. The van der Waals surface area contributed by atoms with Gasteiger partial charge in [-0.05, 0) is 6.07 Å². The third-order valence-electron chi connectivity index (χ3n) is 4.97. The van der Waals surface area contributed by atoms with Gasteiger partial charge in [0.25, 0.3) is 6.01 Å². The van der Waals surface area contributed by atoms with E-state index in [1.54, 1.807) is 17.8 Å². The lowest BCUT2D eigenvalue weighted by Gasteiger charge is -2.24. The van der Waals surface area contributed by atoms with Crippen LogP contribution in [0.15, 0.2) is 17.8 Å². The summed E-state index contributed by atoms with van der Waals surface area (Å²) in [6, 6.07) is 1.90. The van der Waals surface area contributed by atoms with E-state index in [4.69, 9.17) is 37.4 Å². The number of aromatic nitrogens is 4. The number of hydrazine groups is 1. The van der Waals surface area contributed by atoms with E-state index in [0.29, 0.717) is 28.5 Å². The van der Waals surface area contributed by atoms with Gasteiger partial charge in [-0.3, -0.25) is 15.7 Å². The molecule has 3 aromatic rings. The molecular weight excluding hydrogens is 422 g/mol. The number of rotatable bonds is 5. The van der Waals surface area contributed by atoms with Crippen LogP contribution in [-0.4, -0.2) is 62.3 Å². The van der Waals surface area contributed by atoms with Gasteiger partial charge in [0.05, 0.1) is 35.8 Å². The molecule has 0 unspecified atom stereocenters. The standard InChI is InChI=1S/C16H18ClN7O4S/c17-8-1-9-13(22-14(8)24(19)3-7-2-20-6-29-7)23-15(21-9)28-10-4-27-16(18)11(25)5-26-12(10)16/h1-2,6,10-12,25H,3-5,18-19H2,(H,21,22,23)/t10-,11-,12-,16-/m1/s1. The molecule has 154 valence electrons. The smallest absolute Gasteiger partial charge is 0.296 e. The highest BCUT2D eigenvalue weighted by atomic mass is 35.5. The topological polar surface area (TPSA) is 158 Å². The van der Waals surface area contributed by atoms with Crippen molar-refractivity contribution in [2.75, 3.05) is 18.2 Å². The predicted molar refractivity (Wildman–Crippen MR) is 104 cm³/mol. The molecule has 0 bridgehead atoms. The second kappa shape index (κ2) is 7.02. The number of hydrogen-bond donors (Lipinski definition) is 4. The van der Waals surface area contributed by atoms with Gasteiger partial charge in [0, 0.05) is 11.1 Å². The minimum atomic E-state index is -1.28. The van der Waals surface area contributed by atoms with Gasteiger partial charge in [0.15, 0.2) is 23.3 Å². The molecule has 2 aliphatic rings. The van der Waals surface area contributed by atoms with Crippen LogP contribution in [0.4, 0.5) is 5.82 Å². The Labute approximate surface area is 173 Å². The van der Waals surface area contributed by atoms with Crippen LogP contribution in [0.5, 0.6) is 6.01 Å². The van der Waals surface area contributed by atoms with Crippen LogP contribution >= 0.6 is 22.9 Å². The Bertz CT molecular complexity index is 1030. The number of nitrogens with zero attached hydrogens (tertiary/aromatic N) is 4. The van der Waals surface area contributed by atoms with Crippen molar-refractivity contribution in [2.45, 2.75) is 30.6 Å². The molecule has 2 aliphatic heterocycles. The number of aliphatic hydroxyl groups is 1. The first kappa shape index (κ1) is 18.9. The number of ether oxygens (including phenoxy) is 3. The number of halogens is 1. The van der Waals surface area contributed by atoms with Gasteiger partial charge in [-0.2, -0.15) is 4.98 Å². The highest BCUT2D eigenvalue weighted by Crippen LogP contribution is 2.35. The molecule has 0 amide bonds. The molecule has 0 aromatic carbocycles. The van der Waals surface area contributed by atoms with Crippen molar-refractivity contribution in [1.82, 2.24) is 19.9 Å². The number of anilines is 1. The molecule has 5 rings (SSSR count). The molecule has 2 saturated heterocycles. The van der Waals surface area contributed by atoms with Crippen LogP contribution in [0, 0.1) is 0 Å². The predicted octanol–water partition coefficient (Wildman–Crippen LogP) is 0.140. The first-order chi connectivity index (χ1) is 13.9. The fourth-order valence-electron chi connectivity index (χ4n) is 3.48. The van der Waals surface area contributed by atoms with Crippen LogP contribution in [0.2, 0.25) is 5.02 Å². The zero-order chi connectivity index (χ0) is 20.2. The fourth-order valence-corrected chi connectivity index (χ4v) is 4.33. The van der Waals surface area contributed by atoms with Crippen molar-refractivity contribution in [1.29, 1.82) is 0 Å². The number of fused-ring (bicyclic) bond motifs is 2. The second-order valence-electron chi connectivity index (χ2n) is 6.89. The quantitative estimate of drug-likeness (QED) is 0.318. The minimum absolute atomic E-state index is 0.0910. The summed E-state index contributed by atoms with van der Waals surface area (Å²) in [5, 5.41) is 11.8. The van der Waals surface area contributed by atoms with Crippen LogP contribution in [-0.2, 0) is 16.0 Å². The molecule has 0 saturated carbocycles. The van der Waals surface area contributed by atoms with E-state index in [1.165, 1.54) is 16.3 Å². The lowest BCUT2D eigenvalue weighted by atomic mass is 10.0. The van der Waals surface area contributed by atoms with Crippen molar-refractivity contribution in [3.05, 3.63) is 27.7 Å². The van der Waals surface area contributed by atoms with Crippen molar-refractivity contribution >= 4 is 39.9 Å². The van der Waals surface area contributed by atoms with Gasteiger partial charge in [-0.25, -0.2) is 10.8 Å². The van der Waals surface area contributed by atoms with E-state index in [-0.39, 0.29) is 19.2 Å². The Hall–Kier alpha value is -2.06. The number of imidazole rings is 1. The first-order valence-electron chi connectivity index (χ1n) is 8.79. The third-order valence-corrected chi connectivity index (χ3v) is 6.01. The Balaban J connectivity index is 1.37. The maximum atomic E-state index is 9.96. The molecule has 0 radical (unpaired) electrons. The largest absolute Gasteiger partial charge is 0.456 e. The number of H-pyrrole nitrogens is 1. The summed E-state index contributed by atoms with van der Waals surface area (Å²) in [7, 11) is 0. The van der Waals surface area contributed by atoms with Crippen LogP contribution < -0.4 is 21.3 Å². The molecule has 6 N–H and O–H groups in total. The molecule has 3 aromatic heterocycles. The Morgan fingerprint density at radius 1 is 1.45 bits per heavy atom. The Morgan fingerprint density at radius 3 is 3.10 bits per heavy atom. The van der Waals surface area contributed by atoms with Gasteiger partial charge in [0.1, 0.15) is 12.2 Å². The summed E-state index contributed by atoms with van der Waals surface area (Å²) in [4.78, 5) is 16.8. The third kappa shape index (κ3) is 3.22. The van der Waals surface area contributed by atoms with Crippen LogP contribution in [0.3, 0.4) is 0 Å². The normalized spacial score (nSPS) is 28.8. The zero-order valence-corrected chi connectivity index (χ0v) is 16.6. The Kier molecular flexibility index (Phi) is 4.58. The van der Waals surface area contributed by atoms with Gasteiger partial charge >= 0.3 is 0 Å². The van der Waals surface area contributed by atoms with E-state index in [9.17, 15) is 5.11 Å². The van der Waals surface area contributed by atoms with Crippen molar-refractivity contribution in [3.8, 4) is 6.01 Å². The van der Waals surface area contributed by atoms with Gasteiger partial charge in [0.2, 0.25) is 0 Å². The van der Waals surface area contributed by atoms with Crippen LogP contribution in [0.1, 0.15) is 4.88 Å². The van der Waals surface area contributed by atoms with E-state index < -0.39 is 24.0 Å². The van der Waals surface area contributed by atoms with Gasteiger partial charge in [-0.15, -0.1) is 11.3 Å². The second-order valence-corrected chi connectivity index (χ2v) is 8.27. The van der Waals surface area contributed by atoms with E-state index in [2.05, 4.69) is 19.9 Å². The number of hydrogen-bond acceptors (Lipinski definition) is 11. The maximum absolute atomic E-state index is 9.96. The number of nitrogens with two attached hydrogens (primary N) is 2. The summed E-state index contributed by atoms with van der Waals surface area (Å²) in [5.74, 6) is 6.52. The fraction of sp³-hybridized carbons (Fsp3) is 0.438. The van der Waals surface area contributed by atoms with Gasteiger partial charge in [-0.1, -0.05) is 11.6 Å². The molecule has 0 aliphatic carbocycles. The van der Waals surface area contributed by atoms with Crippen LogP contribution in [0.25, 0.3) is 11.2 Å². The lowest BCUT2D eigenvalue weighted by molar-refractivity contribution is -0.0715. The minimum Gasteiger partial charge on any atom is -0.456 e. The average molecular weight is 440 g/mol. The molecule has 0 spiro atoms. The molecule has 13 heteroatoms. The Morgan fingerprint density at radius 2 is 2.31 bits per heavy atom.